The molecule has 0 spiro atoms. The fourth-order valence-electron chi connectivity index (χ4n) is 3.52. The Morgan fingerprint density at radius 1 is 1.36 bits per heavy atom. The summed E-state index contributed by atoms with van der Waals surface area (Å²) < 4.78 is 29.5. The first-order chi connectivity index (χ1) is 13.3. The molecule has 1 aromatic carbocycles. The predicted molar refractivity (Wildman–Crippen MR) is 107 cm³/mol. The molecule has 8 nitrogen and oxygen atoms in total. The molecule has 1 atom stereocenters. The molecule has 1 N–H and O–H groups in total. The molecule has 1 aliphatic heterocycles. The molecule has 0 saturated carbocycles. The number of carbonyl (C=O) groups is 1. The Morgan fingerprint density at radius 3 is 2.86 bits per heavy atom. The van der Waals surface area contributed by atoms with Crippen LogP contribution in [-0.4, -0.2) is 52.8 Å². The Bertz CT molecular complexity index is 938. The zero-order valence-electron chi connectivity index (χ0n) is 16.8. The van der Waals surface area contributed by atoms with E-state index in [1.54, 1.807) is 22.9 Å². The predicted octanol–water partition coefficient (Wildman–Crippen LogP) is 2.16. The SMILES string of the molecule is CCCn1nnc2cc(S(=O)(=O)N3CCCC3C(=O)NCCC(C)C)ccc21. The maximum atomic E-state index is 13.2. The molecule has 2 aromatic rings. The first-order valence-corrected chi connectivity index (χ1v) is 11.4. The van der Waals surface area contributed by atoms with Crippen LogP contribution in [0.1, 0.15) is 46.5 Å². The molecule has 1 saturated heterocycles. The Morgan fingerprint density at radius 2 is 2.14 bits per heavy atom. The molecule has 0 radical (unpaired) electrons. The van der Waals surface area contributed by atoms with Gasteiger partial charge >= 0.3 is 0 Å². The lowest BCUT2D eigenvalue weighted by Gasteiger charge is -2.23. The van der Waals surface area contributed by atoms with E-state index in [1.807, 2.05) is 6.92 Å². The summed E-state index contributed by atoms with van der Waals surface area (Å²) in [4.78, 5) is 12.7. The highest BCUT2D eigenvalue weighted by molar-refractivity contribution is 7.89. The van der Waals surface area contributed by atoms with Gasteiger partial charge in [-0.1, -0.05) is 26.0 Å². The van der Waals surface area contributed by atoms with Gasteiger partial charge in [-0.05, 0) is 49.8 Å². The van der Waals surface area contributed by atoms with Crippen molar-refractivity contribution in [3.8, 4) is 0 Å². The second kappa shape index (κ2) is 8.57. The Balaban J connectivity index is 1.81. The van der Waals surface area contributed by atoms with E-state index in [0.717, 1.165) is 24.9 Å². The lowest BCUT2D eigenvalue weighted by atomic mass is 10.1. The lowest BCUT2D eigenvalue weighted by molar-refractivity contribution is -0.124. The minimum Gasteiger partial charge on any atom is -0.355 e. The van der Waals surface area contributed by atoms with Crippen molar-refractivity contribution >= 4 is 27.0 Å². The molecule has 1 aliphatic rings. The summed E-state index contributed by atoms with van der Waals surface area (Å²) in [5.74, 6) is 0.272. The quantitative estimate of drug-likeness (QED) is 0.723. The van der Waals surface area contributed by atoms with Crippen molar-refractivity contribution in [3.05, 3.63) is 18.2 Å². The maximum Gasteiger partial charge on any atom is 0.243 e. The molecule has 1 amide bonds. The second-order valence-electron chi connectivity index (χ2n) is 7.71. The van der Waals surface area contributed by atoms with Gasteiger partial charge in [0.25, 0.3) is 0 Å². The van der Waals surface area contributed by atoms with E-state index in [9.17, 15) is 13.2 Å². The Labute approximate surface area is 166 Å². The van der Waals surface area contributed by atoms with Gasteiger partial charge in [0.1, 0.15) is 11.6 Å². The Hall–Kier alpha value is -2.00. The number of rotatable bonds is 8. The normalized spacial score (nSPS) is 18.2. The summed E-state index contributed by atoms with van der Waals surface area (Å²) in [5, 5.41) is 11.1. The topological polar surface area (TPSA) is 97.2 Å². The zero-order valence-corrected chi connectivity index (χ0v) is 17.6. The van der Waals surface area contributed by atoms with Gasteiger partial charge < -0.3 is 5.32 Å². The van der Waals surface area contributed by atoms with Crippen LogP contribution in [0.3, 0.4) is 0 Å². The number of aromatic nitrogens is 3. The zero-order chi connectivity index (χ0) is 20.3. The van der Waals surface area contributed by atoms with E-state index in [-0.39, 0.29) is 10.8 Å². The third-order valence-electron chi connectivity index (χ3n) is 5.05. The highest BCUT2D eigenvalue weighted by Crippen LogP contribution is 2.28. The lowest BCUT2D eigenvalue weighted by Crippen LogP contribution is -2.46. The molecule has 154 valence electrons. The van der Waals surface area contributed by atoms with Gasteiger partial charge in [-0.25, -0.2) is 13.1 Å². The molecule has 9 heteroatoms. The minimum atomic E-state index is -3.77. The fraction of sp³-hybridized carbons (Fsp3) is 0.632. The third-order valence-corrected chi connectivity index (χ3v) is 6.96. The van der Waals surface area contributed by atoms with Crippen molar-refractivity contribution in [1.29, 1.82) is 0 Å². The van der Waals surface area contributed by atoms with Gasteiger partial charge in [0.05, 0.1) is 10.4 Å². The molecule has 1 unspecified atom stereocenters. The highest BCUT2D eigenvalue weighted by atomic mass is 32.2. The van der Waals surface area contributed by atoms with E-state index in [2.05, 4.69) is 29.5 Å². The van der Waals surface area contributed by atoms with Gasteiger partial charge in [0.15, 0.2) is 0 Å². The van der Waals surface area contributed by atoms with Gasteiger partial charge in [-0.15, -0.1) is 5.10 Å². The number of hydrogen-bond acceptors (Lipinski definition) is 5. The van der Waals surface area contributed by atoms with E-state index in [4.69, 9.17) is 0 Å². The largest absolute Gasteiger partial charge is 0.355 e. The van der Waals surface area contributed by atoms with Crippen LogP contribution in [0.15, 0.2) is 23.1 Å². The van der Waals surface area contributed by atoms with Crippen molar-refractivity contribution in [1.82, 2.24) is 24.6 Å². The standard InChI is InChI=1S/C19H29N5O3S/c1-4-11-23-17-8-7-15(13-16(17)21-22-23)28(26,27)24-12-5-6-18(24)19(25)20-10-9-14(2)3/h7-8,13-14,18H,4-6,9-12H2,1-3H3,(H,20,25). The van der Waals surface area contributed by atoms with E-state index in [0.29, 0.717) is 37.4 Å². The van der Waals surface area contributed by atoms with Crippen molar-refractivity contribution in [3.63, 3.8) is 0 Å². The summed E-state index contributed by atoms with van der Waals surface area (Å²) >= 11 is 0. The average molecular weight is 408 g/mol. The number of fused-ring (bicyclic) bond motifs is 1. The summed E-state index contributed by atoms with van der Waals surface area (Å²) in [6, 6.07) is 4.23. The molecular weight excluding hydrogens is 378 g/mol. The van der Waals surface area contributed by atoms with Crippen LogP contribution in [0.5, 0.6) is 0 Å². The van der Waals surface area contributed by atoms with E-state index >= 15 is 0 Å². The molecule has 0 aliphatic carbocycles. The van der Waals surface area contributed by atoms with Gasteiger partial charge in [0.2, 0.25) is 15.9 Å². The van der Waals surface area contributed by atoms with E-state index < -0.39 is 16.1 Å². The molecule has 2 heterocycles. The molecule has 1 fully saturated rings. The van der Waals surface area contributed by atoms with Gasteiger partial charge in [-0.2, -0.15) is 4.31 Å². The van der Waals surface area contributed by atoms with Crippen molar-refractivity contribution < 1.29 is 13.2 Å². The maximum absolute atomic E-state index is 13.2. The van der Waals surface area contributed by atoms with Crippen LogP contribution < -0.4 is 5.32 Å². The molecule has 0 bridgehead atoms. The number of hydrogen-bond donors (Lipinski definition) is 1. The van der Waals surface area contributed by atoms with E-state index in [1.165, 1.54) is 4.31 Å². The molecule has 28 heavy (non-hydrogen) atoms. The summed E-state index contributed by atoms with van der Waals surface area (Å²) in [7, 11) is -3.77. The number of sulfonamides is 1. The minimum absolute atomic E-state index is 0.158. The fourth-order valence-corrected chi connectivity index (χ4v) is 5.19. The van der Waals surface area contributed by atoms with Crippen LogP contribution in [0.2, 0.25) is 0 Å². The number of nitrogens with one attached hydrogen (secondary N) is 1. The summed E-state index contributed by atoms with van der Waals surface area (Å²) in [5.41, 5.74) is 1.36. The van der Waals surface area contributed by atoms with Gasteiger partial charge in [0, 0.05) is 19.6 Å². The number of amides is 1. The molecule has 1 aromatic heterocycles. The van der Waals surface area contributed by atoms with Crippen LogP contribution >= 0.6 is 0 Å². The number of nitrogens with zero attached hydrogens (tertiary/aromatic N) is 4. The number of carbonyl (C=O) groups excluding carboxylic acids is 1. The number of benzene rings is 1. The van der Waals surface area contributed by atoms with Crippen molar-refractivity contribution in [2.75, 3.05) is 13.1 Å². The van der Waals surface area contributed by atoms with Gasteiger partial charge in [-0.3, -0.25) is 4.79 Å². The Kier molecular flexibility index (Phi) is 6.34. The van der Waals surface area contributed by atoms with Crippen LogP contribution in [-0.2, 0) is 21.4 Å². The number of aryl methyl sites for hydroxylation is 1. The van der Waals surface area contributed by atoms with Crippen molar-refractivity contribution in [2.45, 2.75) is 63.9 Å². The van der Waals surface area contributed by atoms with Crippen LogP contribution in [0.4, 0.5) is 0 Å². The second-order valence-corrected chi connectivity index (χ2v) is 9.60. The van der Waals surface area contributed by atoms with Crippen molar-refractivity contribution in [2.24, 2.45) is 5.92 Å². The average Bonchev–Trinajstić information content (AvgIpc) is 3.29. The first kappa shape index (κ1) is 20.7. The molecule has 3 rings (SSSR count). The summed E-state index contributed by atoms with van der Waals surface area (Å²) in [6.45, 7) is 7.87. The monoisotopic (exact) mass is 407 g/mol. The van der Waals surface area contributed by atoms with Crippen LogP contribution in [0, 0.1) is 5.92 Å². The third kappa shape index (κ3) is 4.20. The smallest absolute Gasteiger partial charge is 0.243 e. The first-order valence-electron chi connectivity index (χ1n) is 9.97. The summed E-state index contributed by atoms with van der Waals surface area (Å²) in [6.07, 6.45) is 3.01. The van der Waals surface area contributed by atoms with Crippen LogP contribution in [0.25, 0.3) is 11.0 Å². The highest BCUT2D eigenvalue weighted by Gasteiger charge is 2.39. The molecular formula is C19H29N5O3S.